The Morgan fingerprint density at radius 3 is 2.80 bits per heavy atom. The molecule has 0 aliphatic carbocycles. The third-order valence-corrected chi connectivity index (χ3v) is 5.44. The van der Waals surface area contributed by atoms with Gasteiger partial charge < -0.3 is 15.7 Å². The Hall–Kier alpha value is -2.29. The first-order valence-corrected chi connectivity index (χ1v) is 9.75. The van der Waals surface area contributed by atoms with Gasteiger partial charge in [-0.05, 0) is 12.0 Å². The molecule has 1 aliphatic rings. The lowest BCUT2D eigenvalue weighted by Crippen LogP contribution is -2.35. The van der Waals surface area contributed by atoms with Gasteiger partial charge in [-0.25, -0.2) is 9.97 Å². The van der Waals surface area contributed by atoms with Crippen molar-refractivity contribution in [1.29, 1.82) is 0 Å². The van der Waals surface area contributed by atoms with Gasteiger partial charge in [-0.1, -0.05) is 24.3 Å². The number of guanidine groups is 1. The Labute approximate surface area is 153 Å². The van der Waals surface area contributed by atoms with Crippen molar-refractivity contribution in [3.8, 4) is 22.0 Å². The fraction of sp³-hybridized carbons (Fsp3) is 0.235. The fourth-order valence-corrected chi connectivity index (χ4v) is 4.13. The van der Waals surface area contributed by atoms with Crippen LogP contribution in [0.25, 0.3) is 22.0 Å². The van der Waals surface area contributed by atoms with Crippen molar-refractivity contribution < 1.29 is 5.11 Å². The SMILES string of the molecule is OCc1ccccc1-c1nc(-c2csc(NC3=NCCCN3)n2)cs1. The number of aliphatic imine (C=N–C) groups is 1. The molecule has 0 saturated carbocycles. The second-order valence-electron chi connectivity index (χ2n) is 5.53. The van der Waals surface area contributed by atoms with Gasteiger partial charge in [0.1, 0.15) is 16.4 Å². The summed E-state index contributed by atoms with van der Waals surface area (Å²) in [6, 6.07) is 7.77. The first kappa shape index (κ1) is 16.2. The Kier molecular flexibility index (Phi) is 4.73. The van der Waals surface area contributed by atoms with Gasteiger partial charge in [0, 0.05) is 29.4 Å². The summed E-state index contributed by atoms with van der Waals surface area (Å²) in [5.74, 6) is 0.781. The van der Waals surface area contributed by atoms with Crippen LogP contribution in [-0.2, 0) is 6.61 Å². The maximum absolute atomic E-state index is 9.50. The van der Waals surface area contributed by atoms with Crippen LogP contribution in [0.3, 0.4) is 0 Å². The Balaban J connectivity index is 1.55. The van der Waals surface area contributed by atoms with Crippen LogP contribution in [0, 0.1) is 0 Å². The van der Waals surface area contributed by atoms with Crippen LogP contribution < -0.4 is 10.6 Å². The first-order valence-electron chi connectivity index (χ1n) is 7.99. The molecule has 0 atom stereocenters. The molecule has 3 aromatic rings. The summed E-state index contributed by atoms with van der Waals surface area (Å²) in [6.45, 7) is 1.78. The minimum absolute atomic E-state index is 0.00493. The van der Waals surface area contributed by atoms with E-state index in [-0.39, 0.29) is 6.61 Å². The van der Waals surface area contributed by atoms with Gasteiger partial charge in [-0.3, -0.25) is 4.99 Å². The van der Waals surface area contributed by atoms with Gasteiger partial charge in [-0.2, -0.15) is 0 Å². The summed E-state index contributed by atoms with van der Waals surface area (Å²) in [7, 11) is 0. The van der Waals surface area contributed by atoms with E-state index >= 15 is 0 Å². The van der Waals surface area contributed by atoms with E-state index in [2.05, 4.69) is 20.6 Å². The minimum Gasteiger partial charge on any atom is -0.392 e. The number of anilines is 1. The molecule has 8 heteroatoms. The number of hydrogen-bond acceptors (Lipinski definition) is 8. The second kappa shape index (κ2) is 7.30. The molecule has 25 heavy (non-hydrogen) atoms. The van der Waals surface area contributed by atoms with Crippen molar-refractivity contribution in [3.05, 3.63) is 40.6 Å². The highest BCUT2D eigenvalue weighted by Crippen LogP contribution is 2.32. The average Bonchev–Trinajstić information content (AvgIpc) is 3.32. The summed E-state index contributed by atoms with van der Waals surface area (Å²) >= 11 is 3.09. The predicted octanol–water partition coefficient (Wildman–Crippen LogP) is 3.19. The highest BCUT2D eigenvalue weighted by molar-refractivity contribution is 7.14. The molecular formula is C17H17N5OS2. The highest BCUT2D eigenvalue weighted by atomic mass is 32.1. The number of aromatic nitrogens is 2. The molecule has 1 aliphatic heterocycles. The fourth-order valence-electron chi connectivity index (χ4n) is 2.55. The Bertz CT molecular complexity index is 902. The van der Waals surface area contributed by atoms with Crippen LogP contribution in [0.5, 0.6) is 0 Å². The van der Waals surface area contributed by atoms with Gasteiger partial charge in [0.25, 0.3) is 0 Å². The van der Waals surface area contributed by atoms with Gasteiger partial charge in [0.15, 0.2) is 11.1 Å². The van der Waals surface area contributed by atoms with E-state index in [0.29, 0.717) is 0 Å². The first-order chi connectivity index (χ1) is 12.3. The molecule has 6 nitrogen and oxygen atoms in total. The van der Waals surface area contributed by atoms with Crippen molar-refractivity contribution in [3.63, 3.8) is 0 Å². The molecular weight excluding hydrogens is 354 g/mol. The van der Waals surface area contributed by atoms with Crippen LogP contribution in [-0.4, -0.2) is 34.1 Å². The lowest BCUT2D eigenvalue weighted by atomic mass is 10.1. The number of aliphatic hydroxyl groups is 1. The maximum Gasteiger partial charge on any atom is 0.197 e. The van der Waals surface area contributed by atoms with Crippen LogP contribution in [0.15, 0.2) is 40.0 Å². The molecule has 0 fully saturated rings. The van der Waals surface area contributed by atoms with Crippen LogP contribution in [0.1, 0.15) is 12.0 Å². The smallest absolute Gasteiger partial charge is 0.197 e. The molecule has 128 valence electrons. The molecule has 3 N–H and O–H groups in total. The summed E-state index contributed by atoms with van der Waals surface area (Å²) < 4.78 is 0. The number of aliphatic hydroxyl groups excluding tert-OH is 1. The number of rotatable bonds is 4. The zero-order valence-corrected chi connectivity index (χ0v) is 15.0. The number of benzene rings is 1. The lowest BCUT2D eigenvalue weighted by molar-refractivity contribution is 0.282. The topological polar surface area (TPSA) is 82.4 Å². The van der Waals surface area contributed by atoms with E-state index in [0.717, 1.165) is 58.1 Å². The van der Waals surface area contributed by atoms with Crippen LogP contribution in [0.4, 0.5) is 5.13 Å². The molecule has 0 saturated heterocycles. The van der Waals surface area contributed by atoms with Crippen molar-refractivity contribution >= 4 is 33.8 Å². The predicted molar refractivity (Wildman–Crippen MR) is 103 cm³/mol. The minimum atomic E-state index is 0.00493. The summed E-state index contributed by atoms with van der Waals surface area (Å²) in [4.78, 5) is 13.7. The van der Waals surface area contributed by atoms with Crippen molar-refractivity contribution in [2.75, 3.05) is 18.4 Å². The Morgan fingerprint density at radius 2 is 1.96 bits per heavy atom. The van der Waals surface area contributed by atoms with E-state index in [1.165, 1.54) is 11.3 Å². The van der Waals surface area contributed by atoms with E-state index in [4.69, 9.17) is 4.98 Å². The van der Waals surface area contributed by atoms with Crippen LogP contribution in [0.2, 0.25) is 0 Å². The Morgan fingerprint density at radius 1 is 1.12 bits per heavy atom. The zero-order chi connectivity index (χ0) is 17.1. The van der Waals surface area contributed by atoms with Crippen molar-refractivity contribution in [1.82, 2.24) is 15.3 Å². The zero-order valence-electron chi connectivity index (χ0n) is 13.4. The highest BCUT2D eigenvalue weighted by Gasteiger charge is 2.13. The monoisotopic (exact) mass is 371 g/mol. The molecule has 4 rings (SSSR count). The summed E-state index contributed by atoms with van der Waals surface area (Å²) in [6.07, 6.45) is 1.06. The number of hydrogen-bond donors (Lipinski definition) is 3. The number of nitrogens with zero attached hydrogens (tertiary/aromatic N) is 3. The molecule has 0 spiro atoms. The van der Waals surface area contributed by atoms with Gasteiger partial charge in [-0.15, -0.1) is 22.7 Å². The molecule has 0 bridgehead atoms. The number of thiazole rings is 2. The molecule has 1 aromatic carbocycles. The summed E-state index contributed by atoms with van der Waals surface area (Å²) in [5, 5.41) is 21.6. The van der Waals surface area contributed by atoms with Gasteiger partial charge in [0.2, 0.25) is 0 Å². The molecule has 3 heterocycles. The van der Waals surface area contributed by atoms with E-state index in [9.17, 15) is 5.11 Å². The van der Waals surface area contributed by atoms with Crippen LogP contribution >= 0.6 is 22.7 Å². The third-order valence-electron chi connectivity index (χ3n) is 3.81. The quantitative estimate of drug-likeness (QED) is 0.656. The third kappa shape index (κ3) is 3.55. The second-order valence-corrected chi connectivity index (χ2v) is 7.24. The lowest BCUT2D eigenvalue weighted by Gasteiger charge is -2.13. The number of nitrogens with one attached hydrogen (secondary N) is 2. The summed E-state index contributed by atoms with van der Waals surface area (Å²) in [5.41, 5.74) is 3.53. The average molecular weight is 371 g/mol. The molecule has 0 unspecified atom stereocenters. The van der Waals surface area contributed by atoms with E-state index < -0.39 is 0 Å². The largest absolute Gasteiger partial charge is 0.392 e. The van der Waals surface area contributed by atoms with Gasteiger partial charge >= 0.3 is 0 Å². The van der Waals surface area contributed by atoms with E-state index in [1.807, 2.05) is 35.0 Å². The van der Waals surface area contributed by atoms with E-state index in [1.54, 1.807) is 11.3 Å². The van der Waals surface area contributed by atoms with Crippen molar-refractivity contribution in [2.45, 2.75) is 13.0 Å². The molecule has 2 aromatic heterocycles. The van der Waals surface area contributed by atoms with Crippen molar-refractivity contribution in [2.24, 2.45) is 4.99 Å². The molecule has 0 amide bonds. The normalized spacial score (nSPS) is 14.0. The standard InChI is InChI=1S/C17H17N5OS2/c23-8-11-4-1-2-5-12(11)15-20-13(9-24-15)14-10-25-17(21-14)22-16-18-6-3-7-19-16/h1-2,4-5,9-10,23H,3,6-8H2,(H2,18,19,21,22). The molecule has 0 radical (unpaired) electrons. The van der Waals surface area contributed by atoms with Gasteiger partial charge in [0.05, 0.1) is 6.61 Å². The maximum atomic E-state index is 9.50.